The number of sulfonamides is 1. The van der Waals surface area contributed by atoms with Crippen LogP contribution in [-0.2, 0) is 10.0 Å². The van der Waals surface area contributed by atoms with Crippen molar-refractivity contribution in [2.24, 2.45) is 5.73 Å². The first-order chi connectivity index (χ1) is 9.90. The summed E-state index contributed by atoms with van der Waals surface area (Å²) in [6.07, 6.45) is 0. The summed E-state index contributed by atoms with van der Waals surface area (Å²) in [6.45, 7) is 2.12. The Balaban J connectivity index is 2.33. The van der Waals surface area contributed by atoms with E-state index in [1.165, 1.54) is 6.07 Å². The largest absolute Gasteiger partial charge is 0.320 e. The van der Waals surface area contributed by atoms with Gasteiger partial charge in [0, 0.05) is 5.56 Å². The molecule has 110 valence electrons. The minimum absolute atomic E-state index is 0.170. The molecular formula is C14H13ClN2O2S2. The average molecular weight is 341 g/mol. The van der Waals surface area contributed by atoms with Crippen LogP contribution in [0.25, 0.3) is 0 Å². The maximum atomic E-state index is 12.2. The predicted octanol–water partition coefficient (Wildman–Crippen LogP) is 2.82. The fraction of sp³-hybridized carbons (Fsp3) is 0.143. The van der Waals surface area contributed by atoms with E-state index >= 15 is 0 Å². The van der Waals surface area contributed by atoms with Gasteiger partial charge in [0.25, 0.3) is 10.0 Å². The third kappa shape index (κ3) is 4.22. The molecule has 0 bridgehead atoms. The lowest BCUT2D eigenvalue weighted by Crippen LogP contribution is -2.11. The van der Waals surface area contributed by atoms with Crippen LogP contribution < -0.4 is 10.5 Å². The number of aryl methyl sites for hydroxylation is 1. The van der Waals surface area contributed by atoms with E-state index in [1.807, 2.05) is 13.0 Å². The lowest BCUT2D eigenvalue weighted by atomic mass is 10.1. The lowest BCUT2D eigenvalue weighted by molar-refractivity contribution is 0.603. The molecule has 0 aliphatic heterocycles. The van der Waals surface area contributed by atoms with Gasteiger partial charge >= 0.3 is 0 Å². The second kappa shape index (κ2) is 6.50. The van der Waals surface area contributed by atoms with Crippen LogP contribution >= 0.6 is 22.9 Å². The van der Waals surface area contributed by atoms with Gasteiger partial charge in [-0.3, -0.25) is 4.72 Å². The van der Waals surface area contributed by atoms with Gasteiger partial charge in [-0.25, -0.2) is 8.42 Å². The molecule has 1 heterocycles. The molecule has 0 unspecified atom stereocenters. The summed E-state index contributed by atoms with van der Waals surface area (Å²) in [7, 11) is -3.64. The van der Waals surface area contributed by atoms with Crippen LogP contribution in [0.15, 0.2) is 34.5 Å². The second-order valence-electron chi connectivity index (χ2n) is 4.26. The van der Waals surface area contributed by atoms with E-state index in [1.54, 1.807) is 18.2 Å². The topological polar surface area (TPSA) is 72.2 Å². The van der Waals surface area contributed by atoms with Crippen molar-refractivity contribution in [2.45, 2.75) is 11.1 Å². The molecule has 0 radical (unpaired) electrons. The molecule has 0 saturated heterocycles. The van der Waals surface area contributed by atoms with Crippen molar-refractivity contribution in [1.29, 1.82) is 0 Å². The van der Waals surface area contributed by atoms with Crippen molar-refractivity contribution < 1.29 is 8.42 Å². The molecule has 1 aromatic carbocycles. The van der Waals surface area contributed by atoms with Crippen molar-refractivity contribution in [2.75, 3.05) is 11.3 Å². The summed E-state index contributed by atoms with van der Waals surface area (Å²) in [5, 5.41) is 0. The number of hydrogen-bond acceptors (Lipinski definition) is 4. The van der Waals surface area contributed by atoms with E-state index in [2.05, 4.69) is 16.6 Å². The third-order valence-corrected chi connectivity index (χ3v) is 5.58. The molecule has 0 saturated carbocycles. The molecule has 1 aromatic heterocycles. The third-order valence-electron chi connectivity index (χ3n) is 2.48. The van der Waals surface area contributed by atoms with Crippen LogP contribution in [0.2, 0.25) is 4.34 Å². The Labute approximate surface area is 133 Å². The van der Waals surface area contributed by atoms with Crippen molar-refractivity contribution in [1.82, 2.24) is 0 Å². The zero-order valence-corrected chi connectivity index (χ0v) is 13.6. The van der Waals surface area contributed by atoms with Crippen LogP contribution in [0.5, 0.6) is 0 Å². The Morgan fingerprint density at radius 1 is 1.33 bits per heavy atom. The monoisotopic (exact) mass is 340 g/mol. The van der Waals surface area contributed by atoms with Gasteiger partial charge < -0.3 is 5.73 Å². The minimum Gasteiger partial charge on any atom is -0.320 e. The molecule has 0 aliphatic carbocycles. The minimum atomic E-state index is -3.64. The average Bonchev–Trinajstić information content (AvgIpc) is 2.83. The number of thiophene rings is 1. The summed E-state index contributed by atoms with van der Waals surface area (Å²) >= 11 is 6.78. The summed E-state index contributed by atoms with van der Waals surface area (Å²) < 4.78 is 27.6. The second-order valence-corrected chi connectivity index (χ2v) is 7.88. The Hall–Kier alpha value is -1.52. The van der Waals surface area contributed by atoms with Gasteiger partial charge in [-0.05, 0) is 42.8 Å². The number of benzene rings is 1. The van der Waals surface area contributed by atoms with E-state index in [-0.39, 0.29) is 10.8 Å². The van der Waals surface area contributed by atoms with Gasteiger partial charge in [0.2, 0.25) is 0 Å². The van der Waals surface area contributed by atoms with Crippen LogP contribution in [0.1, 0.15) is 11.1 Å². The van der Waals surface area contributed by atoms with Crippen molar-refractivity contribution in [3.63, 3.8) is 0 Å². The Bertz CT molecular complexity index is 817. The quantitative estimate of drug-likeness (QED) is 0.844. The zero-order chi connectivity index (χ0) is 15.5. The van der Waals surface area contributed by atoms with Gasteiger partial charge in [-0.15, -0.1) is 11.3 Å². The summed E-state index contributed by atoms with van der Waals surface area (Å²) in [6, 6.07) is 8.29. The summed E-state index contributed by atoms with van der Waals surface area (Å²) in [5.74, 6) is 5.63. The molecule has 2 aromatic rings. The van der Waals surface area contributed by atoms with Gasteiger partial charge in [0.05, 0.1) is 16.6 Å². The van der Waals surface area contributed by atoms with E-state index < -0.39 is 10.0 Å². The number of hydrogen-bond donors (Lipinski definition) is 2. The first kappa shape index (κ1) is 15.9. The normalized spacial score (nSPS) is 10.8. The molecular weight excluding hydrogens is 328 g/mol. The number of halogens is 1. The number of rotatable bonds is 3. The smallest absolute Gasteiger partial charge is 0.271 e. The highest BCUT2D eigenvalue weighted by molar-refractivity contribution is 7.94. The van der Waals surface area contributed by atoms with Crippen LogP contribution in [-0.4, -0.2) is 15.0 Å². The number of anilines is 1. The van der Waals surface area contributed by atoms with Gasteiger partial charge in [-0.2, -0.15) is 0 Å². The molecule has 0 aliphatic rings. The lowest BCUT2D eigenvalue weighted by Gasteiger charge is -2.08. The van der Waals surface area contributed by atoms with E-state index in [4.69, 9.17) is 17.3 Å². The fourth-order valence-electron chi connectivity index (χ4n) is 1.71. The molecule has 21 heavy (non-hydrogen) atoms. The molecule has 0 fully saturated rings. The molecule has 7 heteroatoms. The highest BCUT2D eigenvalue weighted by atomic mass is 35.5. The standard InChI is InChI=1S/C14H13ClN2O2S2/c1-10-7-11(3-2-6-16)9-12(8-10)17-21(18,19)14-5-4-13(15)20-14/h4-5,7-9,17H,6,16H2,1H3. The molecule has 0 amide bonds. The van der Waals surface area contributed by atoms with Crippen LogP contribution in [0, 0.1) is 18.8 Å². The van der Waals surface area contributed by atoms with Gasteiger partial charge in [0.15, 0.2) is 0 Å². The fourth-order valence-corrected chi connectivity index (χ4v) is 4.24. The van der Waals surface area contributed by atoms with Gasteiger partial charge in [-0.1, -0.05) is 23.4 Å². The van der Waals surface area contributed by atoms with E-state index in [0.717, 1.165) is 16.9 Å². The first-order valence-corrected chi connectivity index (χ1v) is 8.67. The molecule has 2 rings (SSSR count). The SMILES string of the molecule is Cc1cc(C#CCN)cc(NS(=O)(=O)c2ccc(Cl)s2)c1. The Kier molecular flexibility index (Phi) is 4.91. The molecule has 4 nitrogen and oxygen atoms in total. The molecule has 0 spiro atoms. The number of nitrogens with one attached hydrogen (secondary N) is 1. The molecule has 3 N–H and O–H groups in total. The first-order valence-electron chi connectivity index (χ1n) is 5.99. The zero-order valence-electron chi connectivity index (χ0n) is 11.2. The Morgan fingerprint density at radius 2 is 2.10 bits per heavy atom. The van der Waals surface area contributed by atoms with Crippen LogP contribution in [0.4, 0.5) is 5.69 Å². The van der Waals surface area contributed by atoms with Gasteiger partial charge in [0.1, 0.15) is 4.21 Å². The summed E-state index contributed by atoms with van der Waals surface area (Å²) in [4.78, 5) is 0. The Morgan fingerprint density at radius 3 is 2.71 bits per heavy atom. The summed E-state index contributed by atoms with van der Waals surface area (Å²) in [5.41, 5.74) is 7.41. The number of nitrogens with two attached hydrogens (primary N) is 1. The van der Waals surface area contributed by atoms with E-state index in [0.29, 0.717) is 15.6 Å². The van der Waals surface area contributed by atoms with Crippen molar-refractivity contribution >= 4 is 38.6 Å². The highest BCUT2D eigenvalue weighted by Crippen LogP contribution is 2.27. The maximum absolute atomic E-state index is 12.2. The molecule has 0 atom stereocenters. The van der Waals surface area contributed by atoms with Crippen LogP contribution in [0.3, 0.4) is 0 Å². The van der Waals surface area contributed by atoms with E-state index in [9.17, 15) is 8.42 Å². The van der Waals surface area contributed by atoms with Crippen molar-refractivity contribution in [3.05, 3.63) is 45.8 Å². The highest BCUT2D eigenvalue weighted by Gasteiger charge is 2.17. The maximum Gasteiger partial charge on any atom is 0.271 e. The predicted molar refractivity (Wildman–Crippen MR) is 87.2 cm³/mol. The van der Waals surface area contributed by atoms with Crippen molar-refractivity contribution in [3.8, 4) is 11.8 Å².